The van der Waals surface area contributed by atoms with E-state index in [0.717, 1.165) is 5.56 Å². The molecule has 0 spiro atoms. The summed E-state index contributed by atoms with van der Waals surface area (Å²) in [5, 5.41) is 10.5. The van der Waals surface area contributed by atoms with Crippen molar-refractivity contribution in [3.8, 4) is 11.6 Å². The molecule has 0 aliphatic carbocycles. The Morgan fingerprint density at radius 1 is 1.14 bits per heavy atom. The van der Waals surface area contributed by atoms with Gasteiger partial charge in [-0.3, -0.25) is 9.78 Å². The molecule has 7 nitrogen and oxygen atoms in total. The standard InChI is InChI=1S/C15H13N5O2/c21-13(18-9-11-4-2-1-3-5-11)8-14-19-20-15(22-14)12-10-16-6-7-17-12/h1-7,10H,8-9H2,(H,18,21). The van der Waals surface area contributed by atoms with Crippen LogP contribution in [-0.4, -0.2) is 26.1 Å². The number of nitrogens with zero attached hydrogens (tertiary/aromatic N) is 4. The Kier molecular flexibility index (Phi) is 4.15. The number of aromatic nitrogens is 4. The van der Waals surface area contributed by atoms with Gasteiger partial charge in [0, 0.05) is 18.9 Å². The van der Waals surface area contributed by atoms with Gasteiger partial charge in [-0.05, 0) is 5.56 Å². The van der Waals surface area contributed by atoms with Gasteiger partial charge in [-0.15, -0.1) is 10.2 Å². The maximum atomic E-state index is 11.9. The first-order valence-corrected chi connectivity index (χ1v) is 6.70. The summed E-state index contributed by atoms with van der Waals surface area (Å²) >= 11 is 0. The van der Waals surface area contributed by atoms with Gasteiger partial charge < -0.3 is 9.73 Å². The van der Waals surface area contributed by atoms with Crippen molar-refractivity contribution in [2.24, 2.45) is 0 Å². The molecule has 0 unspecified atom stereocenters. The minimum atomic E-state index is -0.182. The first-order chi connectivity index (χ1) is 10.8. The van der Waals surface area contributed by atoms with Gasteiger partial charge >= 0.3 is 0 Å². The first kappa shape index (κ1) is 13.9. The van der Waals surface area contributed by atoms with Crippen molar-refractivity contribution in [2.75, 3.05) is 0 Å². The van der Waals surface area contributed by atoms with E-state index in [-0.39, 0.29) is 24.1 Å². The SMILES string of the molecule is O=C(Cc1nnc(-c2cnccn2)o1)NCc1ccccc1. The fraction of sp³-hybridized carbons (Fsp3) is 0.133. The van der Waals surface area contributed by atoms with Crippen molar-refractivity contribution in [1.82, 2.24) is 25.5 Å². The summed E-state index contributed by atoms with van der Waals surface area (Å²) in [5.41, 5.74) is 1.51. The number of nitrogens with one attached hydrogen (secondary N) is 1. The lowest BCUT2D eigenvalue weighted by atomic mass is 10.2. The van der Waals surface area contributed by atoms with Crippen LogP contribution in [0.25, 0.3) is 11.6 Å². The minimum Gasteiger partial charge on any atom is -0.419 e. The summed E-state index contributed by atoms with van der Waals surface area (Å²) in [5.74, 6) is 0.309. The average Bonchev–Trinajstić information content (AvgIpc) is 3.03. The summed E-state index contributed by atoms with van der Waals surface area (Å²) in [6.45, 7) is 0.463. The highest BCUT2D eigenvalue weighted by molar-refractivity contribution is 5.77. The molecule has 0 saturated heterocycles. The number of hydrogen-bond acceptors (Lipinski definition) is 6. The summed E-state index contributed by atoms with van der Waals surface area (Å²) in [7, 11) is 0. The predicted octanol–water partition coefficient (Wildman–Crippen LogP) is 1.39. The van der Waals surface area contributed by atoms with Crippen LogP contribution >= 0.6 is 0 Å². The quantitative estimate of drug-likeness (QED) is 0.764. The summed E-state index contributed by atoms with van der Waals surface area (Å²) in [4.78, 5) is 19.8. The molecule has 2 aromatic heterocycles. The first-order valence-electron chi connectivity index (χ1n) is 6.70. The van der Waals surface area contributed by atoms with Crippen LogP contribution in [0.1, 0.15) is 11.5 Å². The molecule has 7 heteroatoms. The Labute approximate surface area is 126 Å². The zero-order chi connectivity index (χ0) is 15.2. The van der Waals surface area contributed by atoms with Gasteiger partial charge in [-0.2, -0.15) is 0 Å². The van der Waals surface area contributed by atoms with Crippen molar-refractivity contribution < 1.29 is 9.21 Å². The van der Waals surface area contributed by atoms with Crippen molar-refractivity contribution >= 4 is 5.91 Å². The van der Waals surface area contributed by atoms with Gasteiger partial charge in [0.1, 0.15) is 12.1 Å². The van der Waals surface area contributed by atoms with E-state index in [1.165, 1.54) is 12.4 Å². The van der Waals surface area contributed by atoms with Crippen LogP contribution in [0.4, 0.5) is 0 Å². The number of amides is 1. The molecule has 3 rings (SSSR count). The van der Waals surface area contributed by atoms with Crippen LogP contribution in [0.5, 0.6) is 0 Å². The maximum absolute atomic E-state index is 11.9. The molecule has 1 amide bonds. The van der Waals surface area contributed by atoms with E-state index in [2.05, 4.69) is 25.5 Å². The molecule has 1 N–H and O–H groups in total. The highest BCUT2D eigenvalue weighted by Crippen LogP contribution is 2.13. The Hall–Kier alpha value is -3.09. The second-order valence-electron chi connectivity index (χ2n) is 4.53. The van der Waals surface area contributed by atoms with Crippen LogP contribution < -0.4 is 5.32 Å². The lowest BCUT2D eigenvalue weighted by Crippen LogP contribution is -2.24. The van der Waals surface area contributed by atoms with Crippen LogP contribution in [0.2, 0.25) is 0 Å². The van der Waals surface area contributed by atoms with Gasteiger partial charge in [-0.1, -0.05) is 30.3 Å². The largest absolute Gasteiger partial charge is 0.419 e. The third-order valence-electron chi connectivity index (χ3n) is 2.89. The Morgan fingerprint density at radius 3 is 2.77 bits per heavy atom. The van der Waals surface area contributed by atoms with E-state index in [9.17, 15) is 4.79 Å². The van der Waals surface area contributed by atoms with Crippen LogP contribution in [0.15, 0.2) is 53.3 Å². The normalized spacial score (nSPS) is 10.4. The minimum absolute atomic E-state index is 0.0279. The number of rotatable bonds is 5. The predicted molar refractivity (Wildman–Crippen MR) is 77.3 cm³/mol. The van der Waals surface area contributed by atoms with Gasteiger partial charge in [0.15, 0.2) is 0 Å². The Balaban J connectivity index is 1.57. The summed E-state index contributed by atoms with van der Waals surface area (Å²) in [6.07, 6.45) is 4.64. The highest BCUT2D eigenvalue weighted by atomic mass is 16.4. The molecule has 0 fully saturated rings. The lowest BCUT2D eigenvalue weighted by Gasteiger charge is -2.03. The van der Waals surface area contributed by atoms with E-state index >= 15 is 0 Å². The van der Waals surface area contributed by atoms with E-state index in [1.54, 1.807) is 6.20 Å². The average molecular weight is 295 g/mol. The number of carbonyl (C=O) groups is 1. The molecule has 0 radical (unpaired) electrons. The topological polar surface area (TPSA) is 93.8 Å². The van der Waals surface area contributed by atoms with Crippen molar-refractivity contribution in [3.05, 3.63) is 60.4 Å². The zero-order valence-corrected chi connectivity index (χ0v) is 11.6. The lowest BCUT2D eigenvalue weighted by molar-refractivity contribution is -0.120. The molecule has 110 valence electrons. The fourth-order valence-electron chi connectivity index (χ4n) is 1.83. The molecular formula is C15H13N5O2. The smallest absolute Gasteiger partial charge is 0.267 e. The molecule has 0 bridgehead atoms. The Morgan fingerprint density at radius 2 is 2.00 bits per heavy atom. The Bertz CT molecular complexity index is 743. The van der Waals surface area contributed by atoms with E-state index in [4.69, 9.17) is 4.42 Å². The van der Waals surface area contributed by atoms with Gasteiger partial charge in [0.05, 0.1) is 6.20 Å². The highest BCUT2D eigenvalue weighted by Gasteiger charge is 2.13. The molecule has 3 aromatic rings. The van der Waals surface area contributed by atoms with E-state index in [1.807, 2.05) is 30.3 Å². The fourth-order valence-corrected chi connectivity index (χ4v) is 1.83. The van der Waals surface area contributed by atoms with Crippen LogP contribution in [0.3, 0.4) is 0 Å². The van der Waals surface area contributed by atoms with E-state index in [0.29, 0.717) is 12.2 Å². The number of carbonyl (C=O) groups excluding carboxylic acids is 1. The number of hydrogen-bond donors (Lipinski definition) is 1. The molecule has 0 atom stereocenters. The van der Waals surface area contributed by atoms with Gasteiger partial charge in [-0.25, -0.2) is 4.98 Å². The molecule has 0 saturated carbocycles. The third-order valence-corrected chi connectivity index (χ3v) is 2.89. The molecule has 22 heavy (non-hydrogen) atoms. The molecule has 1 aromatic carbocycles. The molecular weight excluding hydrogens is 282 g/mol. The second-order valence-corrected chi connectivity index (χ2v) is 4.53. The second kappa shape index (κ2) is 6.57. The maximum Gasteiger partial charge on any atom is 0.267 e. The number of benzene rings is 1. The molecule has 0 aliphatic heterocycles. The van der Waals surface area contributed by atoms with Gasteiger partial charge in [0.2, 0.25) is 11.8 Å². The zero-order valence-electron chi connectivity index (χ0n) is 11.6. The monoisotopic (exact) mass is 295 g/mol. The van der Waals surface area contributed by atoms with Gasteiger partial charge in [0.25, 0.3) is 5.89 Å². The van der Waals surface area contributed by atoms with Crippen LogP contribution in [-0.2, 0) is 17.8 Å². The van der Waals surface area contributed by atoms with Crippen molar-refractivity contribution in [1.29, 1.82) is 0 Å². The molecule has 0 aliphatic rings. The van der Waals surface area contributed by atoms with Crippen molar-refractivity contribution in [3.63, 3.8) is 0 Å². The summed E-state index contributed by atoms with van der Waals surface area (Å²) in [6, 6.07) is 9.66. The summed E-state index contributed by atoms with van der Waals surface area (Å²) < 4.78 is 5.41. The van der Waals surface area contributed by atoms with Crippen LogP contribution in [0, 0.1) is 0 Å². The molecule has 2 heterocycles. The third kappa shape index (κ3) is 3.51. The van der Waals surface area contributed by atoms with Crippen molar-refractivity contribution in [2.45, 2.75) is 13.0 Å². The van der Waals surface area contributed by atoms with E-state index < -0.39 is 0 Å².